The van der Waals surface area contributed by atoms with Crippen molar-refractivity contribution in [1.29, 1.82) is 0 Å². The zero-order valence-electron chi connectivity index (χ0n) is 18.1. The summed E-state index contributed by atoms with van der Waals surface area (Å²) in [6.07, 6.45) is 9.77. The van der Waals surface area contributed by atoms with E-state index in [1.54, 1.807) is 6.20 Å². The van der Waals surface area contributed by atoms with Crippen molar-refractivity contribution in [2.75, 3.05) is 10.6 Å². The standard InChI is InChI=1S/C24H26ClN7.ClH/c25-17-4-1-3-16(13-17)14-28-22-6-2-5-20(31-22)21-15-29-24-23(27-11-12-32(21)24)30-19-9-7-18(26)8-10-19;/h1-6,11-13,15,18-19H,7-10,14,26H2,(H,27,30)(H,28,31);1H. The maximum absolute atomic E-state index is 6.09. The summed E-state index contributed by atoms with van der Waals surface area (Å²) >= 11 is 6.09. The number of rotatable bonds is 6. The second-order valence-electron chi connectivity index (χ2n) is 8.26. The Bertz CT molecular complexity index is 1220. The lowest BCUT2D eigenvalue weighted by molar-refractivity contribution is 0.410. The topological polar surface area (TPSA) is 93.2 Å². The highest BCUT2D eigenvalue weighted by Crippen LogP contribution is 2.26. The number of nitrogens with two attached hydrogens (primary N) is 1. The van der Waals surface area contributed by atoms with Gasteiger partial charge in [-0.05, 0) is 55.5 Å². The average molecular weight is 484 g/mol. The molecule has 3 heterocycles. The largest absolute Gasteiger partial charge is 0.366 e. The minimum absolute atomic E-state index is 0. The Morgan fingerprint density at radius 1 is 1.06 bits per heavy atom. The monoisotopic (exact) mass is 483 g/mol. The molecule has 7 nitrogen and oxygen atoms in total. The van der Waals surface area contributed by atoms with Crippen molar-refractivity contribution in [2.45, 2.75) is 44.3 Å². The van der Waals surface area contributed by atoms with Crippen LogP contribution in [0.2, 0.25) is 5.02 Å². The Labute approximate surface area is 204 Å². The first-order valence-electron chi connectivity index (χ1n) is 11.0. The van der Waals surface area contributed by atoms with Gasteiger partial charge in [-0.25, -0.2) is 15.0 Å². The Hall–Kier alpha value is -2.87. The first-order chi connectivity index (χ1) is 15.7. The van der Waals surface area contributed by atoms with Gasteiger partial charge in [0.25, 0.3) is 0 Å². The van der Waals surface area contributed by atoms with Crippen molar-refractivity contribution in [3.05, 3.63) is 71.6 Å². The molecule has 0 bridgehead atoms. The molecule has 172 valence electrons. The zero-order valence-corrected chi connectivity index (χ0v) is 19.7. The highest BCUT2D eigenvalue weighted by atomic mass is 35.5. The highest BCUT2D eigenvalue weighted by Gasteiger charge is 2.20. The number of benzene rings is 1. The molecule has 1 aromatic carbocycles. The molecular weight excluding hydrogens is 457 g/mol. The third-order valence-electron chi connectivity index (χ3n) is 5.91. The van der Waals surface area contributed by atoms with Crippen LogP contribution in [-0.2, 0) is 6.54 Å². The molecule has 1 aliphatic carbocycles. The Balaban J connectivity index is 0.00000259. The van der Waals surface area contributed by atoms with Crippen molar-refractivity contribution in [3.8, 4) is 11.4 Å². The van der Waals surface area contributed by atoms with Crippen LogP contribution in [0.3, 0.4) is 0 Å². The van der Waals surface area contributed by atoms with Crippen LogP contribution >= 0.6 is 24.0 Å². The Morgan fingerprint density at radius 3 is 2.70 bits per heavy atom. The molecule has 3 aromatic heterocycles. The van der Waals surface area contributed by atoms with Gasteiger partial charge < -0.3 is 16.4 Å². The Kier molecular flexibility index (Phi) is 7.33. The molecule has 0 atom stereocenters. The van der Waals surface area contributed by atoms with E-state index in [0.29, 0.717) is 18.6 Å². The lowest BCUT2D eigenvalue weighted by Gasteiger charge is -2.27. The van der Waals surface area contributed by atoms with Crippen LogP contribution in [0.1, 0.15) is 31.2 Å². The van der Waals surface area contributed by atoms with Crippen molar-refractivity contribution >= 4 is 41.3 Å². The van der Waals surface area contributed by atoms with E-state index >= 15 is 0 Å². The summed E-state index contributed by atoms with van der Waals surface area (Å²) in [5, 5.41) is 7.67. The molecule has 1 saturated carbocycles. The summed E-state index contributed by atoms with van der Waals surface area (Å²) in [6.45, 7) is 0.646. The molecule has 0 spiro atoms. The second-order valence-corrected chi connectivity index (χ2v) is 8.70. The number of nitrogens with zero attached hydrogens (tertiary/aromatic N) is 4. The van der Waals surface area contributed by atoms with Crippen LogP contribution in [0, 0.1) is 0 Å². The fraction of sp³-hybridized carbons (Fsp3) is 0.292. The zero-order chi connectivity index (χ0) is 21.9. The molecule has 0 unspecified atom stereocenters. The van der Waals surface area contributed by atoms with Gasteiger partial charge in [-0.3, -0.25) is 4.40 Å². The SMILES string of the molecule is Cl.NC1CCC(Nc2nccn3c(-c4cccc(NCc5cccc(Cl)c5)n4)cnc23)CC1. The molecule has 33 heavy (non-hydrogen) atoms. The summed E-state index contributed by atoms with van der Waals surface area (Å²) in [7, 11) is 0. The van der Waals surface area contributed by atoms with E-state index in [2.05, 4.69) is 20.6 Å². The highest BCUT2D eigenvalue weighted by molar-refractivity contribution is 6.30. The number of fused-ring (bicyclic) bond motifs is 1. The lowest BCUT2D eigenvalue weighted by atomic mass is 9.92. The van der Waals surface area contributed by atoms with Crippen molar-refractivity contribution in [1.82, 2.24) is 19.4 Å². The third-order valence-corrected chi connectivity index (χ3v) is 6.15. The number of imidazole rings is 1. The second kappa shape index (κ2) is 10.4. The predicted octanol–water partition coefficient (Wildman–Crippen LogP) is 5.16. The average Bonchev–Trinajstić information content (AvgIpc) is 3.25. The fourth-order valence-electron chi connectivity index (χ4n) is 4.18. The Morgan fingerprint density at radius 2 is 1.88 bits per heavy atom. The van der Waals surface area contributed by atoms with Crippen LogP contribution in [0.25, 0.3) is 17.0 Å². The summed E-state index contributed by atoms with van der Waals surface area (Å²) in [5.74, 6) is 1.60. The van der Waals surface area contributed by atoms with Gasteiger partial charge >= 0.3 is 0 Å². The maximum Gasteiger partial charge on any atom is 0.180 e. The van der Waals surface area contributed by atoms with Gasteiger partial charge in [-0.2, -0.15) is 0 Å². The predicted molar refractivity (Wildman–Crippen MR) is 136 cm³/mol. The number of pyridine rings is 1. The van der Waals surface area contributed by atoms with E-state index in [1.165, 1.54) is 0 Å². The maximum atomic E-state index is 6.09. The molecule has 9 heteroatoms. The minimum Gasteiger partial charge on any atom is -0.366 e. The molecule has 5 rings (SSSR count). The molecule has 4 aromatic rings. The smallest absolute Gasteiger partial charge is 0.180 e. The van der Waals surface area contributed by atoms with E-state index in [9.17, 15) is 0 Å². The van der Waals surface area contributed by atoms with Gasteiger partial charge in [-0.15, -0.1) is 12.4 Å². The molecule has 0 saturated heterocycles. The van der Waals surface area contributed by atoms with Crippen molar-refractivity contribution in [2.24, 2.45) is 5.73 Å². The van der Waals surface area contributed by atoms with Gasteiger partial charge in [0.1, 0.15) is 5.82 Å². The quantitative estimate of drug-likeness (QED) is 0.350. The summed E-state index contributed by atoms with van der Waals surface area (Å²) in [6, 6.07) is 14.4. The molecule has 0 aliphatic heterocycles. The van der Waals surface area contributed by atoms with E-state index < -0.39 is 0 Å². The molecule has 0 radical (unpaired) electrons. The van der Waals surface area contributed by atoms with Crippen LogP contribution < -0.4 is 16.4 Å². The van der Waals surface area contributed by atoms with Crippen LogP contribution in [-0.4, -0.2) is 31.4 Å². The van der Waals surface area contributed by atoms with Gasteiger partial charge in [0.2, 0.25) is 0 Å². The normalized spacial score (nSPS) is 18.0. The summed E-state index contributed by atoms with van der Waals surface area (Å²) < 4.78 is 2.03. The summed E-state index contributed by atoms with van der Waals surface area (Å²) in [4.78, 5) is 14.0. The number of nitrogens with one attached hydrogen (secondary N) is 2. The first kappa shape index (κ1) is 23.3. The van der Waals surface area contributed by atoms with E-state index in [-0.39, 0.29) is 12.4 Å². The number of hydrogen-bond donors (Lipinski definition) is 3. The van der Waals surface area contributed by atoms with E-state index in [0.717, 1.165) is 64.9 Å². The molecule has 4 N–H and O–H groups in total. The molecular formula is C24H27Cl2N7. The van der Waals surface area contributed by atoms with Gasteiger partial charge in [-0.1, -0.05) is 29.8 Å². The number of halogens is 2. The third kappa shape index (κ3) is 5.38. The number of anilines is 2. The molecule has 0 amide bonds. The summed E-state index contributed by atoms with van der Waals surface area (Å²) in [5.41, 5.74) is 9.71. The first-order valence-corrected chi connectivity index (χ1v) is 11.3. The van der Waals surface area contributed by atoms with Crippen LogP contribution in [0.15, 0.2) is 61.1 Å². The minimum atomic E-state index is 0. The van der Waals surface area contributed by atoms with Gasteiger partial charge in [0, 0.05) is 36.0 Å². The van der Waals surface area contributed by atoms with E-state index in [4.69, 9.17) is 22.3 Å². The van der Waals surface area contributed by atoms with Crippen LogP contribution in [0.4, 0.5) is 11.6 Å². The molecule has 1 fully saturated rings. The van der Waals surface area contributed by atoms with Crippen molar-refractivity contribution in [3.63, 3.8) is 0 Å². The van der Waals surface area contributed by atoms with Crippen molar-refractivity contribution < 1.29 is 0 Å². The number of hydrogen-bond acceptors (Lipinski definition) is 6. The number of aromatic nitrogens is 4. The fourth-order valence-corrected chi connectivity index (χ4v) is 4.40. The molecule has 1 aliphatic rings. The lowest BCUT2D eigenvalue weighted by Crippen LogP contribution is -2.33. The van der Waals surface area contributed by atoms with Crippen LogP contribution in [0.5, 0.6) is 0 Å². The van der Waals surface area contributed by atoms with E-state index in [1.807, 2.05) is 59.3 Å². The van der Waals surface area contributed by atoms with Gasteiger partial charge in [0.15, 0.2) is 11.5 Å². The van der Waals surface area contributed by atoms with Gasteiger partial charge in [0.05, 0.1) is 17.6 Å².